The molecular weight excluding hydrogens is 188 g/mol. The first-order valence-electron chi connectivity index (χ1n) is 5.70. The number of pyridine rings is 1. The van der Waals surface area contributed by atoms with Gasteiger partial charge in [0, 0.05) is 24.3 Å². The molecule has 3 nitrogen and oxygen atoms in total. The third kappa shape index (κ3) is 2.69. The Bertz CT molecular complexity index is 310. The lowest BCUT2D eigenvalue weighted by molar-refractivity contribution is 0.312. The predicted molar refractivity (Wildman–Crippen MR) is 59.9 cm³/mol. The molecule has 82 valence electrons. The average molecular weight is 206 g/mol. The summed E-state index contributed by atoms with van der Waals surface area (Å²) >= 11 is 0. The molecule has 0 radical (unpaired) electrons. The zero-order valence-corrected chi connectivity index (χ0v) is 9.20. The number of nitrogens with one attached hydrogen (secondary N) is 1. The minimum atomic E-state index is 0.674. The third-order valence-electron chi connectivity index (χ3n) is 2.82. The van der Waals surface area contributed by atoms with Gasteiger partial charge < -0.3 is 10.1 Å². The topological polar surface area (TPSA) is 34.1 Å². The van der Waals surface area contributed by atoms with E-state index in [9.17, 15) is 0 Å². The number of hydrogen-bond acceptors (Lipinski definition) is 3. The summed E-state index contributed by atoms with van der Waals surface area (Å²) in [4.78, 5) is 4.23. The molecule has 2 rings (SSSR count). The molecule has 0 bridgehead atoms. The summed E-state index contributed by atoms with van der Waals surface area (Å²) in [7, 11) is 0. The van der Waals surface area contributed by atoms with Crippen LogP contribution in [0.5, 0.6) is 5.88 Å². The van der Waals surface area contributed by atoms with Crippen LogP contribution in [0.25, 0.3) is 0 Å². The van der Waals surface area contributed by atoms with Crippen molar-refractivity contribution in [1.29, 1.82) is 0 Å². The molecular formula is C12H18N2O. The Kier molecular flexibility index (Phi) is 3.56. The summed E-state index contributed by atoms with van der Waals surface area (Å²) in [5, 5.41) is 3.51. The molecule has 1 fully saturated rings. The maximum absolute atomic E-state index is 5.47. The molecule has 0 aliphatic heterocycles. The summed E-state index contributed by atoms with van der Waals surface area (Å²) in [6, 6.07) is 4.74. The first-order valence-corrected chi connectivity index (χ1v) is 5.70. The van der Waals surface area contributed by atoms with Gasteiger partial charge in [0.2, 0.25) is 5.88 Å². The van der Waals surface area contributed by atoms with E-state index in [1.807, 2.05) is 13.0 Å². The van der Waals surface area contributed by atoms with Crippen molar-refractivity contribution in [2.75, 3.05) is 6.61 Å². The van der Waals surface area contributed by atoms with E-state index >= 15 is 0 Å². The van der Waals surface area contributed by atoms with Crippen molar-refractivity contribution >= 4 is 0 Å². The van der Waals surface area contributed by atoms with Crippen molar-refractivity contribution in [1.82, 2.24) is 10.3 Å². The van der Waals surface area contributed by atoms with Crippen molar-refractivity contribution in [3.8, 4) is 5.88 Å². The second-order valence-corrected chi connectivity index (χ2v) is 3.91. The van der Waals surface area contributed by atoms with Gasteiger partial charge in [-0.3, -0.25) is 0 Å². The van der Waals surface area contributed by atoms with Crippen LogP contribution in [0, 0.1) is 0 Å². The first kappa shape index (κ1) is 10.4. The molecule has 1 heterocycles. The maximum atomic E-state index is 5.47. The fourth-order valence-corrected chi connectivity index (χ4v) is 1.69. The molecule has 1 aromatic heterocycles. The lowest BCUT2D eigenvalue weighted by Crippen LogP contribution is -2.34. The van der Waals surface area contributed by atoms with Gasteiger partial charge in [0.15, 0.2) is 0 Å². The van der Waals surface area contributed by atoms with Gasteiger partial charge in [0.25, 0.3) is 0 Å². The van der Waals surface area contributed by atoms with E-state index in [4.69, 9.17) is 4.74 Å². The van der Waals surface area contributed by atoms with Gasteiger partial charge in [0.1, 0.15) is 0 Å². The third-order valence-corrected chi connectivity index (χ3v) is 2.82. The Morgan fingerprint density at radius 3 is 3.07 bits per heavy atom. The van der Waals surface area contributed by atoms with E-state index < -0.39 is 0 Å². The van der Waals surface area contributed by atoms with Crippen molar-refractivity contribution in [2.24, 2.45) is 0 Å². The summed E-state index contributed by atoms with van der Waals surface area (Å²) in [6.07, 6.45) is 5.76. The van der Waals surface area contributed by atoms with Crippen molar-refractivity contribution in [2.45, 2.75) is 38.8 Å². The van der Waals surface area contributed by atoms with Crippen LogP contribution >= 0.6 is 0 Å². The number of hydrogen-bond donors (Lipinski definition) is 1. The van der Waals surface area contributed by atoms with E-state index in [0.29, 0.717) is 12.6 Å². The van der Waals surface area contributed by atoms with Crippen LogP contribution in [0.1, 0.15) is 31.7 Å². The molecule has 0 atom stereocenters. The monoisotopic (exact) mass is 206 g/mol. The molecule has 1 aliphatic rings. The van der Waals surface area contributed by atoms with Crippen LogP contribution in [0.15, 0.2) is 18.3 Å². The Morgan fingerprint density at radius 2 is 2.40 bits per heavy atom. The van der Waals surface area contributed by atoms with Crippen molar-refractivity contribution in [3.05, 3.63) is 23.9 Å². The number of ether oxygens (including phenoxy) is 1. The number of rotatable bonds is 5. The largest absolute Gasteiger partial charge is 0.478 e. The molecule has 0 aromatic carbocycles. The van der Waals surface area contributed by atoms with Gasteiger partial charge in [-0.2, -0.15) is 0 Å². The molecule has 1 saturated carbocycles. The minimum absolute atomic E-state index is 0.674. The van der Waals surface area contributed by atoms with Crippen LogP contribution in [-0.2, 0) is 6.54 Å². The fourth-order valence-electron chi connectivity index (χ4n) is 1.69. The van der Waals surface area contributed by atoms with Gasteiger partial charge in [0.05, 0.1) is 6.61 Å². The van der Waals surface area contributed by atoms with Gasteiger partial charge in [-0.25, -0.2) is 4.98 Å². The van der Waals surface area contributed by atoms with Crippen LogP contribution in [0.4, 0.5) is 0 Å². The van der Waals surface area contributed by atoms with E-state index in [1.54, 1.807) is 6.20 Å². The summed E-state index contributed by atoms with van der Waals surface area (Å²) < 4.78 is 5.47. The number of aromatic nitrogens is 1. The average Bonchev–Trinajstić information content (AvgIpc) is 2.18. The molecule has 0 spiro atoms. The van der Waals surface area contributed by atoms with Gasteiger partial charge in [-0.1, -0.05) is 12.5 Å². The standard InChI is InChI=1S/C12H18N2O/c1-2-15-12-10(5-4-8-13-12)9-14-11-6-3-7-11/h4-5,8,11,14H,2-3,6-7,9H2,1H3. The van der Waals surface area contributed by atoms with E-state index in [1.165, 1.54) is 19.3 Å². The van der Waals surface area contributed by atoms with Crippen molar-refractivity contribution < 1.29 is 4.74 Å². The quantitative estimate of drug-likeness (QED) is 0.801. The highest BCUT2D eigenvalue weighted by molar-refractivity contribution is 5.25. The second-order valence-electron chi connectivity index (χ2n) is 3.91. The maximum Gasteiger partial charge on any atom is 0.217 e. The zero-order chi connectivity index (χ0) is 10.5. The first-order chi connectivity index (χ1) is 7.40. The summed E-state index contributed by atoms with van der Waals surface area (Å²) in [5.74, 6) is 0.770. The lowest BCUT2D eigenvalue weighted by atomic mass is 9.93. The van der Waals surface area contributed by atoms with E-state index in [0.717, 1.165) is 18.0 Å². The highest BCUT2D eigenvalue weighted by atomic mass is 16.5. The van der Waals surface area contributed by atoms with Crippen LogP contribution < -0.4 is 10.1 Å². The summed E-state index contributed by atoms with van der Waals surface area (Å²) in [6.45, 7) is 3.53. The normalized spacial score (nSPS) is 16.1. The minimum Gasteiger partial charge on any atom is -0.478 e. The van der Waals surface area contributed by atoms with Gasteiger partial charge >= 0.3 is 0 Å². The molecule has 1 aromatic rings. The number of nitrogens with zero attached hydrogens (tertiary/aromatic N) is 1. The molecule has 0 amide bonds. The molecule has 3 heteroatoms. The molecule has 15 heavy (non-hydrogen) atoms. The molecule has 1 N–H and O–H groups in total. The predicted octanol–water partition coefficient (Wildman–Crippen LogP) is 2.12. The Labute approximate surface area is 90.9 Å². The Morgan fingerprint density at radius 1 is 1.53 bits per heavy atom. The lowest BCUT2D eigenvalue weighted by Gasteiger charge is -2.26. The Hall–Kier alpha value is -1.09. The Balaban J connectivity index is 1.92. The van der Waals surface area contributed by atoms with Gasteiger partial charge in [-0.15, -0.1) is 0 Å². The second kappa shape index (κ2) is 5.12. The molecule has 0 saturated heterocycles. The van der Waals surface area contributed by atoms with E-state index in [-0.39, 0.29) is 0 Å². The summed E-state index contributed by atoms with van der Waals surface area (Å²) in [5.41, 5.74) is 1.16. The zero-order valence-electron chi connectivity index (χ0n) is 9.20. The highest BCUT2D eigenvalue weighted by Gasteiger charge is 2.16. The fraction of sp³-hybridized carbons (Fsp3) is 0.583. The smallest absolute Gasteiger partial charge is 0.217 e. The van der Waals surface area contributed by atoms with Crippen molar-refractivity contribution in [3.63, 3.8) is 0 Å². The molecule has 1 aliphatic carbocycles. The van der Waals surface area contributed by atoms with Gasteiger partial charge in [-0.05, 0) is 25.8 Å². The van der Waals surface area contributed by atoms with Crippen LogP contribution in [0.2, 0.25) is 0 Å². The van der Waals surface area contributed by atoms with Crippen LogP contribution in [-0.4, -0.2) is 17.6 Å². The molecule has 0 unspecified atom stereocenters. The SMILES string of the molecule is CCOc1ncccc1CNC1CCC1. The van der Waals surface area contributed by atoms with E-state index in [2.05, 4.69) is 16.4 Å². The van der Waals surface area contributed by atoms with Crippen LogP contribution in [0.3, 0.4) is 0 Å². The highest BCUT2D eigenvalue weighted by Crippen LogP contribution is 2.20.